The van der Waals surface area contributed by atoms with E-state index in [9.17, 15) is 4.79 Å². The molecule has 3 rings (SSSR count). The van der Waals surface area contributed by atoms with Gasteiger partial charge in [0, 0.05) is 50.1 Å². The van der Waals surface area contributed by atoms with Gasteiger partial charge in [0.25, 0.3) is 0 Å². The third-order valence-corrected chi connectivity index (χ3v) is 5.12. The molecule has 0 saturated carbocycles. The number of likely N-dealkylation sites (N-methyl/N-ethyl adjacent to an activating group) is 1. The average Bonchev–Trinajstić information content (AvgIpc) is 3.19. The highest BCUT2D eigenvalue weighted by Gasteiger charge is 2.37. The van der Waals surface area contributed by atoms with E-state index >= 15 is 0 Å². The van der Waals surface area contributed by atoms with Gasteiger partial charge in [0.2, 0.25) is 11.8 Å². The Morgan fingerprint density at radius 1 is 1.37 bits per heavy atom. The quantitative estimate of drug-likeness (QED) is 0.837. The van der Waals surface area contributed by atoms with Crippen LogP contribution < -0.4 is 10.1 Å². The van der Waals surface area contributed by atoms with Crippen LogP contribution in [0.15, 0.2) is 30.7 Å². The van der Waals surface area contributed by atoms with Crippen LogP contribution in [0.3, 0.4) is 0 Å². The maximum atomic E-state index is 13.0. The van der Waals surface area contributed by atoms with Crippen molar-refractivity contribution in [3.05, 3.63) is 41.9 Å². The number of aryl methyl sites for hydroxylation is 2. The van der Waals surface area contributed by atoms with Crippen LogP contribution in [0, 0.1) is 12.3 Å². The number of hydrogen-bond donors (Lipinski definition) is 1. The third-order valence-electron chi connectivity index (χ3n) is 5.12. The molecule has 3 heterocycles. The van der Waals surface area contributed by atoms with Gasteiger partial charge < -0.3 is 15.0 Å². The molecule has 0 aliphatic carbocycles. The summed E-state index contributed by atoms with van der Waals surface area (Å²) in [4.78, 5) is 19.4. The Hall–Kier alpha value is -2.41. The van der Waals surface area contributed by atoms with Crippen molar-refractivity contribution in [1.29, 1.82) is 0 Å². The molecule has 0 spiro atoms. The summed E-state index contributed by atoms with van der Waals surface area (Å²) in [6.45, 7) is 7.75. The minimum absolute atomic E-state index is 0.00901. The van der Waals surface area contributed by atoms with E-state index in [1.54, 1.807) is 10.9 Å². The molecule has 0 unspecified atom stereocenters. The number of ether oxygens (including phenoxy) is 1. The minimum Gasteiger partial charge on any atom is -0.476 e. The molecule has 0 bridgehead atoms. The largest absolute Gasteiger partial charge is 0.476 e. The lowest BCUT2D eigenvalue weighted by Gasteiger charge is -2.27. The Bertz CT molecular complexity index is 801. The Kier molecular flexibility index (Phi) is 5.51. The summed E-state index contributed by atoms with van der Waals surface area (Å²) in [5, 5.41) is 7.52. The van der Waals surface area contributed by atoms with E-state index in [0.717, 1.165) is 24.2 Å². The first kappa shape index (κ1) is 19.4. The summed E-state index contributed by atoms with van der Waals surface area (Å²) in [6, 6.07) is 3.87. The van der Waals surface area contributed by atoms with E-state index in [0.29, 0.717) is 5.88 Å². The summed E-state index contributed by atoms with van der Waals surface area (Å²) < 4.78 is 7.63. The summed E-state index contributed by atoms with van der Waals surface area (Å²) in [7, 11) is 3.99. The fraction of sp³-hybridized carbons (Fsp3) is 0.550. The van der Waals surface area contributed by atoms with Crippen LogP contribution in [0.25, 0.3) is 0 Å². The molecule has 1 amide bonds. The normalized spacial score (nSPS) is 20.6. The van der Waals surface area contributed by atoms with E-state index in [1.165, 1.54) is 0 Å². The molecule has 1 aliphatic rings. The smallest absolute Gasteiger partial charge is 0.229 e. The van der Waals surface area contributed by atoms with Crippen molar-refractivity contribution in [1.82, 2.24) is 25.0 Å². The van der Waals surface area contributed by atoms with Gasteiger partial charge in [-0.25, -0.2) is 4.98 Å². The van der Waals surface area contributed by atoms with E-state index in [4.69, 9.17) is 4.74 Å². The van der Waals surface area contributed by atoms with Crippen LogP contribution in [0.4, 0.5) is 0 Å². The number of pyridine rings is 1. The van der Waals surface area contributed by atoms with Crippen LogP contribution in [-0.2, 0) is 11.8 Å². The average molecular weight is 371 g/mol. The van der Waals surface area contributed by atoms with Crippen LogP contribution in [0.5, 0.6) is 5.88 Å². The van der Waals surface area contributed by atoms with E-state index < -0.39 is 5.41 Å². The lowest BCUT2D eigenvalue weighted by molar-refractivity contribution is -0.131. The molecule has 7 nitrogen and oxygen atoms in total. The lowest BCUT2D eigenvalue weighted by Crippen LogP contribution is -2.47. The SMILES string of the molecule is Cc1cccnc1OCC(C)(C)C(=O)N[C@H]1CN(C)C[C@@H]1c1cnn(C)c1. The first-order valence-electron chi connectivity index (χ1n) is 9.29. The highest BCUT2D eigenvalue weighted by molar-refractivity contribution is 5.82. The molecule has 2 atom stereocenters. The number of likely N-dealkylation sites (tertiary alicyclic amines) is 1. The first-order valence-corrected chi connectivity index (χ1v) is 9.29. The summed E-state index contributed by atoms with van der Waals surface area (Å²) >= 11 is 0. The Balaban J connectivity index is 1.64. The van der Waals surface area contributed by atoms with Crippen LogP contribution in [0.1, 0.15) is 30.9 Å². The molecular formula is C20H29N5O2. The Morgan fingerprint density at radius 3 is 2.81 bits per heavy atom. The van der Waals surface area contributed by atoms with Crippen LogP contribution in [-0.4, -0.2) is 58.4 Å². The van der Waals surface area contributed by atoms with Gasteiger partial charge in [0.15, 0.2) is 0 Å². The van der Waals surface area contributed by atoms with Gasteiger partial charge in [-0.1, -0.05) is 6.07 Å². The molecule has 1 aliphatic heterocycles. The van der Waals surface area contributed by atoms with Crippen molar-refractivity contribution in [2.75, 3.05) is 26.7 Å². The molecular weight excluding hydrogens is 342 g/mol. The van der Waals surface area contributed by atoms with Gasteiger partial charge in [0.05, 0.1) is 11.6 Å². The summed E-state index contributed by atoms with van der Waals surface area (Å²) in [6.07, 6.45) is 5.62. The van der Waals surface area contributed by atoms with E-state index in [-0.39, 0.29) is 24.5 Å². The topological polar surface area (TPSA) is 72.3 Å². The fourth-order valence-electron chi connectivity index (χ4n) is 3.42. The van der Waals surface area contributed by atoms with Crippen molar-refractivity contribution >= 4 is 5.91 Å². The molecule has 1 saturated heterocycles. The molecule has 0 radical (unpaired) electrons. The maximum absolute atomic E-state index is 13.0. The monoisotopic (exact) mass is 371 g/mol. The molecule has 2 aromatic rings. The second-order valence-electron chi connectivity index (χ2n) is 8.15. The van der Waals surface area contributed by atoms with Crippen LogP contribution >= 0.6 is 0 Å². The first-order chi connectivity index (χ1) is 12.8. The zero-order valence-electron chi connectivity index (χ0n) is 16.8. The predicted octanol–water partition coefficient (Wildman–Crippen LogP) is 1.74. The summed E-state index contributed by atoms with van der Waals surface area (Å²) in [5.41, 5.74) is 1.46. The lowest BCUT2D eigenvalue weighted by atomic mass is 9.91. The molecule has 1 N–H and O–H groups in total. The second-order valence-corrected chi connectivity index (χ2v) is 8.15. The van der Waals surface area contributed by atoms with E-state index in [1.807, 2.05) is 52.3 Å². The fourth-order valence-corrected chi connectivity index (χ4v) is 3.42. The highest BCUT2D eigenvalue weighted by atomic mass is 16.5. The van der Waals surface area contributed by atoms with Gasteiger partial charge in [-0.15, -0.1) is 0 Å². The number of carbonyl (C=O) groups is 1. The van der Waals surface area contributed by atoms with Crippen molar-refractivity contribution in [2.24, 2.45) is 12.5 Å². The molecule has 1 fully saturated rings. The Morgan fingerprint density at radius 2 is 2.15 bits per heavy atom. The number of carbonyl (C=O) groups excluding carboxylic acids is 1. The number of nitrogens with one attached hydrogen (secondary N) is 1. The molecule has 146 valence electrons. The molecule has 27 heavy (non-hydrogen) atoms. The second kappa shape index (κ2) is 7.68. The minimum atomic E-state index is -0.662. The van der Waals surface area contributed by atoms with Crippen molar-refractivity contribution in [2.45, 2.75) is 32.7 Å². The number of nitrogens with zero attached hydrogens (tertiary/aromatic N) is 4. The van der Waals surface area contributed by atoms with Gasteiger partial charge in [-0.3, -0.25) is 9.48 Å². The number of hydrogen-bond acceptors (Lipinski definition) is 5. The zero-order chi connectivity index (χ0) is 19.6. The van der Waals surface area contributed by atoms with Gasteiger partial charge >= 0.3 is 0 Å². The Labute approximate surface area is 160 Å². The standard InChI is InChI=1S/C20H29N5O2/c1-14-7-6-8-21-18(14)27-13-20(2,3)19(26)23-17-12-24(4)11-16(17)15-9-22-25(5)10-15/h6-10,16-17H,11-13H2,1-5H3,(H,23,26)/t16-,17+/m1/s1. The van der Waals surface area contributed by atoms with Gasteiger partial charge in [0.1, 0.15) is 6.61 Å². The summed E-state index contributed by atoms with van der Waals surface area (Å²) in [5.74, 6) is 0.805. The van der Waals surface area contributed by atoms with Crippen molar-refractivity contribution in [3.63, 3.8) is 0 Å². The van der Waals surface area contributed by atoms with Crippen molar-refractivity contribution in [3.8, 4) is 5.88 Å². The number of amides is 1. The highest BCUT2D eigenvalue weighted by Crippen LogP contribution is 2.28. The number of aromatic nitrogens is 3. The zero-order valence-corrected chi connectivity index (χ0v) is 16.8. The molecule has 0 aromatic carbocycles. The predicted molar refractivity (Wildman–Crippen MR) is 104 cm³/mol. The number of rotatable bonds is 6. The third kappa shape index (κ3) is 4.47. The van der Waals surface area contributed by atoms with Crippen LogP contribution in [0.2, 0.25) is 0 Å². The van der Waals surface area contributed by atoms with E-state index in [2.05, 4.69) is 27.3 Å². The molecule has 7 heteroatoms. The van der Waals surface area contributed by atoms with Crippen molar-refractivity contribution < 1.29 is 9.53 Å². The van der Waals surface area contributed by atoms with Gasteiger partial charge in [-0.05, 0) is 39.4 Å². The maximum Gasteiger partial charge on any atom is 0.229 e. The molecule has 2 aromatic heterocycles. The van der Waals surface area contributed by atoms with Gasteiger partial charge in [-0.2, -0.15) is 5.10 Å².